The van der Waals surface area contributed by atoms with Crippen LogP contribution in [0, 0.1) is 5.92 Å². The van der Waals surface area contributed by atoms with Crippen molar-refractivity contribution in [2.75, 3.05) is 19.7 Å². The molecule has 1 saturated heterocycles. The Labute approximate surface area is 172 Å². The Bertz CT molecular complexity index is 895. The van der Waals surface area contributed by atoms with Gasteiger partial charge in [0.05, 0.1) is 11.0 Å². The molecule has 4 atom stereocenters. The van der Waals surface area contributed by atoms with Crippen LogP contribution in [0.2, 0.25) is 0 Å². The molecule has 1 N–H and O–H groups in total. The van der Waals surface area contributed by atoms with Gasteiger partial charge in [-0.15, -0.1) is 0 Å². The van der Waals surface area contributed by atoms with Crippen molar-refractivity contribution in [2.24, 2.45) is 5.92 Å². The van der Waals surface area contributed by atoms with Crippen molar-refractivity contribution in [1.29, 1.82) is 0 Å². The largest absolute Gasteiger partial charge is 0.504 e. The molecule has 0 radical (unpaired) electrons. The van der Waals surface area contributed by atoms with E-state index in [1.165, 1.54) is 24.8 Å². The van der Waals surface area contributed by atoms with Gasteiger partial charge in [0, 0.05) is 31.2 Å². The third kappa shape index (κ3) is 1.93. The van der Waals surface area contributed by atoms with Crippen LogP contribution in [0.15, 0.2) is 12.1 Å². The van der Waals surface area contributed by atoms with Crippen LogP contribution in [0.5, 0.6) is 11.5 Å². The number of ketones is 1. The van der Waals surface area contributed by atoms with Crippen LogP contribution in [0.1, 0.15) is 63.5 Å². The zero-order chi connectivity index (χ0) is 20.0. The average molecular weight is 398 g/mol. The Morgan fingerprint density at radius 2 is 2.14 bits per heavy atom. The zero-order valence-electron chi connectivity index (χ0n) is 17.5. The number of hydrogen-bond donors (Lipinski definition) is 1. The summed E-state index contributed by atoms with van der Waals surface area (Å²) in [6, 6.07) is 4.06. The quantitative estimate of drug-likeness (QED) is 0.844. The lowest BCUT2D eigenvalue weighted by atomic mass is 9.45. The van der Waals surface area contributed by atoms with Crippen LogP contribution >= 0.6 is 0 Å². The van der Waals surface area contributed by atoms with Gasteiger partial charge in [-0.25, -0.2) is 0 Å². The number of rotatable bonds is 4. The number of benzene rings is 1. The minimum absolute atomic E-state index is 0.155. The maximum Gasteiger partial charge on any atom is 0.177 e. The molecular formula is C24H31NO4. The highest BCUT2D eigenvalue weighted by Gasteiger charge is 2.78. The molecule has 0 aromatic heterocycles. The summed E-state index contributed by atoms with van der Waals surface area (Å²) in [7, 11) is 0. The molecular weight excluding hydrogens is 366 g/mol. The summed E-state index contributed by atoms with van der Waals surface area (Å²) in [5.41, 5.74) is 0.403. The Kier molecular flexibility index (Phi) is 3.62. The lowest BCUT2D eigenvalue weighted by molar-refractivity contribution is -0.230. The molecule has 5 heteroatoms. The second-order valence-electron chi connectivity index (χ2n) is 10.00. The monoisotopic (exact) mass is 397 g/mol. The normalized spacial score (nSPS) is 40.3. The number of phenols is 1. The number of piperidine rings is 1. The fraction of sp³-hybridized carbons (Fsp3) is 0.708. The molecule has 29 heavy (non-hydrogen) atoms. The van der Waals surface area contributed by atoms with E-state index in [4.69, 9.17) is 9.47 Å². The van der Waals surface area contributed by atoms with Gasteiger partial charge >= 0.3 is 0 Å². The molecule has 2 heterocycles. The van der Waals surface area contributed by atoms with Gasteiger partial charge in [-0.2, -0.15) is 0 Å². The summed E-state index contributed by atoms with van der Waals surface area (Å²) in [4.78, 5) is 16.0. The predicted molar refractivity (Wildman–Crippen MR) is 108 cm³/mol. The van der Waals surface area contributed by atoms with Gasteiger partial charge in [0.1, 0.15) is 0 Å². The molecule has 1 spiro atoms. The standard InChI is InChI=1S/C24H31NO4/c1-3-28-24-10-9-19(27)22(2)23(24)11-12-25(14-15-5-4-6-15)18(24)13-16-7-8-17(26)21(29-22)20(16)23/h7-8,15,18,26H,3-6,9-14H2,1-2H3/t18-,22+,23+,24-/m1/s1. The Balaban J connectivity index is 1.59. The van der Waals surface area contributed by atoms with E-state index < -0.39 is 16.6 Å². The van der Waals surface area contributed by atoms with E-state index in [0.29, 0.717) is 18.8 Å². The number of aromatic hydroxyl groups is 1. The first-order valence-corrected chi connectivity index (χ1v) is 11.4. The molecule has 3 fully saturated rings. The third-order valence-electron chi connectivity index (χ3n) is 9.03. The lowest BCUT2D eigenvalue weighted by Gasteiger charge is -2.67. The number of Topliss-reactive ketones (excluding diaryl/α,β-unsaturated/α-hetero) is 1. The zero-order valence-corrected chi connectivity index (χ0v) is 17.5. The van der Waals surface area contributed by atoms with E-state index in [-0.39, 0.29) is 17.6 Å². The fourth-order valence-electron chi connectivity index (χ4n) is 7.61. The summed E-state index contributed by atoms with van der Waals surface area (Å²) < 4.78 is 13.2. The molecule has 1 aromatic rings. The van der Waals surface area contributed by atoms with Crippen LogP contribution in [0.4, 0.5) is 0 Å². The molecule has 3 aliphatic carbocycles. The topological polar surface area (TPSA) is 59.0 Å². The van der Waals surface area contributed by atoms with Gasteiger partial charge in [0.15, 0.2) is 22.9 Å². The second kappa shape index (κ2) is 5.76. The summed E-state index contributed by atoms with van der Waals surface area (Å²) in [6.07, 6.45) is 7.02. The van der Waals surface area contributed by atoms with Crippen molar-refractivity contribution in [1.82, 2.24) is 4.90 Å². The van der Waals surface area contributed by atoms with Crippen molar-refractivity contribution < 1.29 is 19.4 Å². The summed E-state index contributed by atoms with van der Waals surface area (Å²) in [6.45, 7) is 6.77. The van der Waals surface area contributed by atoms with Gasteiger partial charge in [-0.1, -0.05) is 12.5 Å². The first kappa shape index (κ1) is 18.2. The van der Waals surface area contributed by atoms with E-state index in [0.717, 1.165) is 43.8 Å². The van der Waals surface area contributed by atoms with E-state index in [2.05, 4.69) is 17.9 Å². The molecule has 2 saturated carbocycles. The van der Waals surface area contributed by atoms with Crippen molar-refractivity contribution >= 4 is 5.78 Å². The first-order valence-electron chi connectivity index (χ1n) is 11.4. The number of ether oxygens (including phenoxy) is 2. The van der Waals surface area contributed by atoms with Gasteiger partial charge < -0.3 is 14.6 Å². The van der Waals surface area contributed by atoms with Crippen LogP contribution in [-0.2, 0) is 21.4 Å². The molecule has 0 unspecified atom stereocenters. The first-order chi connectivity index (χ1) is 14.0. The van der Waals surface area contributed by atoms with Crippen LogP contribution in [0.25, 0.3) is 0 Å². The van der Waals surface area contributed by atoms with Crippen molar-refractivity contribution in [2.45, 2.75) is 81.5 Å². The SMILES string of the molecule is CCO[C@@]12CCC(=O)[C@]3(C)Oc4c(O)ccc5c4[C@@]31CCN(CC1CCC1)[C@@H]2C5. The minimum atomic E-state index is -0.961. The highest BCUT2D eigenvalue weighted by molar-refractivity contribution is 5.94. The number of likely N-dealkylation sites (tertiary alicyclic amines) is 1. The molecule has 2 aliphatic heterocycles. The maximum absolute atomic E-state index is 13.3. The number of carbonyl (C=O) groups is 1. The van der Waals surface area contributed by atoms with Gasteiger partial charge in [-0.05, 0) is 70.0 Å². The number of carbonyl (C=O) groups excluding carboxylic acids is 1. The van der Waals surface area contributed by atoms with E-state index in [9.17, 15) is 9.90 Å². The molecule has 1 aromatic carbocycles. The molecule has 156 valence electrons. The summed E-state index contributed by atoms with van der Waals surface area (Å²) in [5, 5.41) is 10.6. The Hall–Kier alpha value is -1.59. The minimum Gasteiger partial charge on any atom is -0.504 e. The van der Waals surface area contributed by atoms with Crippen LogP contribution < -0.4 is 4.74 Å². The highest BCUT2D eigenvalue weighted by atomic mass is 16.5. The number of hydrogen-bond acceptors (Lipinski definition) is 5. The Morgan fingerprint density at radius 1 is 1.31 bits per heavy atom. The van der Waals surface area contributed by atoms with Crippen LogP contribution in [-0.4, -0.2) is 52.7 Å². The smallest absolute Gasteiger partial charge is 0.177 e. The molecule has 0 amide bonds. The molecule has 5 aliphatic rings. The average Bonchev–Trinajstić information content (AvgIpc) is 2.94. The summed E-state index contributed by atoms with van der Waals surface area (Å²) in [5.74, 6) is 1.65. The molecule has 2 bridgehead atoms. The third-order valence-corrected chi connectivity index (χ3v) is 9.03. The molecule has 6 rings (SSSR count). The number of phenolic OH excluding ortho intramolecular Hbond substituents is 1. The van der Waals surface area contributed by atoms with Gasteiger partial charge in [0.2, 0.25) is 0 Å². The second-order valence-corrected chi connectivity index (χ2v) is 10.00. The van der Waals surface area contributed by atoms with Crippen molar-refractivity contribution in [3.8, 4) is 11.5 Å². The maximum atomic E-state index is 13.3. The van der Waals surface area contributed by atoms with Crippen molar-refractivity contribution in [3.05, 3.63) is 23.3 Å². The molecule has 5 nitrogen and oxygen atoms in total. The van der Waals surface area contributed by atoms with Crippen LogP contribution in [0.3, 0.4) is 0 Å². The fourth-order valence-corrected chi connectivity index (χ4v) is 7.61. The number of nitrogens with zero attached hydrogens (tertiary/aromatic N) is 1. The highest BCUT2D eigenvalue weighted by Crippen LogP contribution is 2.69. The van der Waals surface area contributed by atoms with E-state index in [1.807, 2.05) is 6.92 Å². The van der Waals surface area contributed by atoms with Crippen molar-refractivity contribution in [3.63, 3.8) is 0 Å². The predicted octanol–water partition coefficient (Wildman–Crippen LogP) is 3.35. The van der Waals surface area contributed by atoms with E-state index in [1.54, 1.807) is 6.07 Å². The Morgan fingerprint density at radius 3 is 2.86 bits per heavy atom. The summed E-state index contributed by atoms with van der Waals surface area (Å²) >= 11 is 0. The lowest BCUT2D eigenvalue weighted by Crippen LogP contribution is -2.80. The van der Waals surface area contributed by atoms with Gasteiger partial charge in [-0.3, -0.25) is 9.69 Å². The van der Waals surface area contributed by atoms with E-state index >= 15 is 0 Å². The van der Waals surface area contributed by atoms with Gasteiger partial charge in [0.25, 0.3) is 0 Å².